The van der Waals surface area contributed by atoms with E-state index < -0.39 is 0 Å². The molecule has 2 aliphatic rings. The molecule has 0 aromatic carbocycles. The number of hydrogen-bond donors (Lipinski definition) is 1. The molecule has 14 heavy (non-hydrogen) atoms. The first kappa shape index (κ1) is 8.48. The van der Waals surface area contributed by atoms with Crippen molar-refractivity contribution < 1.29 is 4.52 Å². The molecule has 1 aromatic rings. The summed E-state index contributed by atoms with van der Waals surface area (Å²) in [5, 5.41) is 7.58. The lowest BCUT2D eigenvalue weighted by molar-refractivity contribution is 0.359. The monoisotopic (exact) mass is 192 g/mol. The van der Waals surface area contributed by atoms with E-state index in [1.165, 1.54) is 42.7 Å². The minimum absolute atomic E-state index is 0.587. The predicted octanol–water partition coefficient (Wildman–Crippen LogP) is 1.63. The molecule has 0 spiro atoms. The molecule has 0 radical (unpaired) electrons. The Hall–Kier alpha value is -0.830. The lowest BCUT2D eigenvalue weighted by Crippen LogP contribution is -2.09. The topological polar surface area (TPSA) is 38.1 Å². The third kappa shape index (κ3) is 1.27. The second-order valence-electron chi connectivity index (χ2n) is 4.37. The highest BCUT2D eigenvalue weighted by atomic mass is 16.5. The second kappa shape index (κ2) is 3.39. The molecule has 1 unspecified atom stereocenters. The van der Waals surface area contributed by atoms with Crippen LogP contribution in [0.15, 0.2) is 4.52 Å². The quantitative estimate of drug-likeness (QED) is 0.735. The molecule has 3 nitrogen and oxygen atoms in total. The van der Waals surface area contributed by atoms with E-state index in [1.54, 1.807) is 0 Å². The van der Waals surface area contributed by atoms with Gasteiger partial charge in [-0.2, -0.15) is 0 Å². The summed E-state index contributed by atoms with van der Waals surface area (Å²) in [6, 6.07) is 0. The average molecular weight is 192 g/mol. The number of aryl methyl sites for hydroxylation is 1. The van der Waals surface area contributed by atoms with E-state index in [4.69, 9.17) is 4.52 Å². The summed E-state index contributed by atoms with van der Waals surface area (Å²) in [6.45, 7) is 2.20. The molecule has 0 saturated carbocycles. The largest absolute Gasteiger partial charge is 0.360 e. The highest BCUT2D eigenvalue weighted by Gasteiger charge is 2.27. The Kier molecular flexibility index (Phi) is 2.05. The molecular formula is C11H16N2O. The fourth-order valence-corrected chi connectivity index (χ4v) is 2.61. The zero-order valence-corrected chi connectivity index (χ0v) is 8.38. The summed E-state index contributed by atoms with van der Waals surface area (Å²) in [4.78, 5) is 0. The molecule has 3 heteroatoms. The molecule has 1 atom stereocenters. The molecule has 1 aliphatic carbocycles. The molecule has 3 rings (SSSR count). The van der Waals surface area contributed by atoms with Gasteiger partial charge in [0.25, 0.3) is 0 Å². The lowest BCUT2D eigenvalue weighted by atomic mass is 9.91. The van der Waals surface area contributed by atoms with Crippen LogP contribution in [0.25, 0.3) is 0 Å². The number of nitrogens with one attached hydrogen (secondary N) is 1. The van der Waals surface area contributed by atoms with Crippen molar-refractivity contribution in [1.29, 1.82) is 0 Å². The van der Waals surface area contributed by atoms with E-state index in [1.807, 2.05) is 0 Å². The van der Waals surface area contributed by atoms with Gasteiger partial charge in [0, 0.05) is 18.0 Å². The van der Waals surface area contributed by atoms with Crippen LogP contribution in [0, 0.1) is 0 Å². The Balaban J connectivity index is 1.93. The molecule has 1 saturated heterocycles. The van der Waals surface area contributed by atoms with Gasteiger partial charge in [-0.25, -0.2) is 0 Å². The van der Waals surface area contributed by atoms with Gasteiger partial charge in [0.15, 0.2) is 0 Å². The maximum absolute atomic E-state index is 5.51. The molecule has 76 valence electrons. The fraction of sp³-hybridized carbons (Fsp3) is 0.727. The Morgan fingerprint density at radius 1 is 1.29 bits per heavy atom. The first-order valence-corrected chi connectivity index (χ1v) is 5.63. The van der Waals surface area contributed by atoms with Crippen LogP contribution in [0.1, 0.15) is 42.2 Å². The van der Waals surface area contributed by atoms with Crippen LogP contribution in [0.4, 0.5) is 0 Å². The Bertz CT molecular complexity index is 326. The van der Waals surface area contributed by atoms with E-state index in [2.05, 4.69) is 10.5 Å². The summed E-state index contributed by atoms with van der Waals surface area (Å²) in [5.41, 5.74) is 2.67. The van der Waals surface area contributed by atoms with Crippen molar-refractivity contribution >= 4 is 0 Å². The van der Waals surface area contributed by atoms with Crippen molar-refractivity contribution in [1.82, 2.24) is 10.5 Å². The highest BCUT2D eigenvalue weighted by molar-refractivity contribution is 5.28. The first-order chi connectivity index (χ1) is 6.95. The summed E-state index contributed by atoms with van der Waals surface area (Å²) in [6.07, 6.45) is 6.11. The molecule has 1 N–H and O–H groups in total. The number of fused-ring (bicyclic) bond motifs is 1. The standard InChI is InChI=1S/C11H16N2O/c1-2-4-10-9(3-1)11(14-13-10)8-5-6-12-7-8/h8,12H,1-7H2. The maximum atomic E-state index is 5.51. The number of aromatic nitrogens is 1. The highest BCUT2D eigenvalue weighted by Crippen LogP contribution is 2.31. The smallest absolute Gasteiger partial charge is 0.144 e. The summed E-state index contributed by atoms with van der Waals surface area (Å²) >= 11 is 0. The minimum Gasteiger partial charge on any atom is -0.360 e. The molecule has 1 aliphatic heterocycles. The van der Waals surface area contributed by atoms with E-state index in [9.17, 15) is 0 Å². The van der Waals surface area contributed by atoms with Crippen LogP contribution in [0.5, 0.6) is 0 Å². The van der Waals surface area contributed by atoms with Crippen molar-refractivity contribution in [3.63, 3.8) is 0 Å². The van der Waals surface area contributed by atoms with E-state index in [0.29, 0.717) is 5.92 Å². The lowest BCUT2D eigenvalue weighted by Gasteiger charge is -2.11. The number of nitrogens with zero attached hydrogens (tertiary/aromatic N) is 1. The van der Waals surface area contributed by atoms with Gasteiger partial charge in [0.1, 0.15) is 5.76 Å². The SMILES string of the molecule is C1CCc2c(noc2C2CCNC2)C1. The van der Waals surface area contributed by atoms with Crippen molar-refractivity contribution in [2.24, 2.45) is 0 Å². The van der Waals surface area contributed by atoms with Crippen LogP contribution in [-0.2, 0) is 12.8 Å². The third-order valence-corrected chi connectivity index (χ3v) is 3.42. The summed E-state index contributed by atoms with van der Waals surface area (Å²) in [5.74, 6) is 1.77. The van der Waals surface area contributed by atoms with Gasteiger partial charge in [-0.1, -0.05) is 5.16 Å². The average Bonchev–Trinajstić information content (AvgIpc) is 2.85. The predicted molar refractivity (Wildman–Crippen MR) is 53.4 cm³/mol. The molecule has 0 amide bonds. The van der Waals surface area contributed by atoms with Gasteiger partial charge < -0.3 is 9.84 Å². The minimum atomic E-state index is 0.587. The first-order valence-electron chi connectivity index (χ1n) is 5.63. The molecule has 1 fully saturated rings. The van der Waals surface area contributed by atoms with Gasteiger partial charge in [-0.3, -0.25) is 0 Å². The fourth-order valence-electron chi connectivity index (χ4n) is 2.61. The second-order valence-corrected chi connectivity index (χ2v) is 4.37. The van der Waals surface area contributed by atoms with Gasteiger partial charge in [-0.05, 0) is 38.6 Å². The van der Waals surface area contributed by atoms with Gasteiger partial charge in [0.05, 0.1) is 5.69 Å². The Labute approximate surface area is 83.9 Å². The molecule has 2 heterocycles. The van der Waals surface area contributed by atoms with Crippen molar-refractivity contribution in [3.05, 3.63) is 17.0 Å². The van der Waals surface area contributed by atoms with Crippen LogP contribution >= 0.6 is 0 Å². The third-order valence-electron chi connectivity index (χ3n) is 3.42. The van der Waals surface area contributed by atoms with E-state index in [-0.39, 0.29) is 0 Å². The van der Waals surface area contributed by atoms with Crippen LogP contribution in [0.3, 0.4) is 0 Å². The van der Waals surface area contributed by atoms with Crippen LogP contribution in [0.2, 0.25) is 0 Å². The molecule has 0 bridgehead atoms. The summed E-state index contributed by atoms with van der Waals surface area (Å²) < 4.78 is 5.51. The van der Waals surface area contributed by atoms with Crippen LogP contribution in [-0.4, -0.2) is 18.2 Å². The van der Waals surface area contributed by atoms with Gasteiger partial charge >= 0.3 is 0 Å². The van der Waals surface area contributed by atoms with E-state index >= 15 is 0 Å². The van der Waals surface area contributed by atoms with Crippen molar-refractivity contribution in [2.45, 2.75) is 38.0 Å². The Morgan fingerprint density at radius 2 is 2.21 bits per heavy atom. The van der Waals surface area contributed by atoms with Crippen molar-refractivity contribution in [3.8, 4) is 0 Å². The number of rotatable bonds is 1. The van der Waals surface area contributed by atoms with Crippen LogP contribution < -0.4 is 5.32 Å². The van der Waals surface area contributed by atoms with Crippen molar-refractivity contribution in [2.75, 3.05) is 13.1 Å². The number of hydrogen-bond acceptors (Lipinski definition) is 3. The van der Waals surface area contributed by atoms with Gasteiger partial charge in [0.2, 0.25) is 0 Å². The van der Waals surface area contributed by atoms with E-state index in [0.717, 1.165) is 19.5 Å². The summed E-state index contributed by atoms with van der Waals surface area (Å²) in [7, 11) is 0. The molecular weight excluding hydrogens is 176 g/mol. The van der Waals surface area contributed by atoms with Gasteiger partial charge in [-0.15, -0.1) is 0 Å². The normalized spacial score (nSPS) is 26.4. The zero-order valence-electron chi connectivity index (χ0n) is 8.38. The maximum Gasteiger partial charge on any atom is 0.144 e. The zero-order chi connectivity index (χ0) is 9.38. The molecule has 1 aromatic heterocycles. The Morgan fingerprint density at radius 3 is 3.07 bits per heavy atom.